The van der Waals surface area contributed by atoms with Gasteiger partial charge in [0.1, 0.15) is 11.3 Å². The highest BCUT2D eigenvalue weighted by Gasteiger charge is 2.22. The number of carbonyl (C=O) groups excluding carboxylic acids is 3. The molecule has 0 bridgehead atoms. The van der Waals surface area contributed by atoms with Gasteiger partial charge in [0.2, 0.25) is 5.91 Å². The van der Waals surface area contributed by atoms with Crippen molar-refractivity contribution in [1.29, 1.82) is 0 Å². The molecule has 0 radical (unpaired) electrons. The molecule has 5 rings (SSSR count). The number of phenols is 1. The minimum absolute atomic E-state index is 0.0122. The van der Waals surface area contributed by atoms with E-state index in [-0.39, 0.29) is 28.8 Å². The van der Waals surface area contributed by atoms with Crippen molar-refractivity contribution in [2.45, 2.75) is 12.5 Å². The van der Waals surface area contributed by atoms with Crippen molar-refractivity contribution in [3.8, 4) is 11.5 Å². The zero-order valence-electron chi connectivity index (χ0n) is 20.5. The molecule has 2 heterocycles. The standard InChI is InChI=1S/C15H12FNO4.C12H14N4O/c1-21-11-7-6-10(18)12(13(11)16)14(19)8-2-4-9(5-3-8)15(17)20;17-12(15-10-3-4-13-7-10)8-1-2-11-9(5-8)6-14-16-11/h2-7,18H,1H3,(H2,17,20);1-2,5-6,10,13H,3-4,7H2,(H,14,16)(H,15,17)/t;10-/m.0/s1. The number of phenolic OH excluding ortho intramolecular Hbond substituents is 1. The molecule has 1 saturated heterocycles. The highest BCUT2D eigenvalue weighted by Crippen LogP contribution is 2.30. The Morgan fingerprint density at radius 3 is 2.45 bits per heavy atom. The van der Waals surface area contributed by atoms with Crippen LogP contribution in [0.25, 0.3) is 10.9 Å². The number of aromatic nitrogens is 2. The Hall–Kier alpha value is -4.77. The monoisotopic (exact) mass is 519 g/mol. The summed E-state index contributed by atoms with van der Waals surface area (Å²) in [6.45, 7) is 1.84. The van der Waals surface area contributed by atoms with Crippen LogP contribution in [0.1, 0.15) is 43.1 Å². The number of methoxy groups -OCH3 is 1. The quantitative estimate of drug-likeness (QED) is 0.245. The number of ether oxygens (including phenoxy) is 1. The number of aromatic amines is 1. The van der Waals surface area contributed by atoms with E-state index in [4.69, 9.17) is 10.5 Å². The molecule has 1 aliphatic heterocycles. The Labute approximate surface area is 217 Å². The first kappa shape index (κ1) is 26.3. The second-order valence-corrected chi connectivity index (χ2v) is 8.58. The fourth-order valence-electron chi connectivity index (χ4n) is 3.98. The van der Waals surface area contributed by atoms with E-state index in [2.05, 4.69) is 20.8 Å². The van der Waals surface area contributed by atoms with Crippen LogP contribution in [0.2, 0.25) is 0 Å². The molecule has 1 fully saturated rings. The van der Waals surface area contributed by atoms with Gasteiger partial charge < -0.3 is 26.2 Å². The van der Waals surface area contributed by atoms with Crippen molar-refractivity contribution < 1.29 is 28.6 Å². The smallest absolute Gasteiger partial charge is 0.251 e. The van der Waals surface area contributed by atoms with Crippen LogP contribution in [0.5, 0.6) is 11.5 Å². The molecule has 4 aromatic rings. The molecular formula is C27H26FN5O5. The number of hydrogen-bond acceptors (Lipinski definition) is 7. The number of halogens is 1. The summed E-state index contributed by atoms with van der Waals surface area (Å²) >= 11 is 0. The van der Waals surface area contributed by atoms with Crippen LogP contribution < -0.4 is 21.1 Å². The maximum atomic E-state index is 14.1. The average molecular weight is 520 g/mol. The Morgan fingerprint density at radius 2 is 1.79 bits per heavy atom. The van der Waals surface area contributed by atoms with E-state index >= 15 is 0 Å². The number of H-pyrrole nitrogens is 1. The number of aromatic hydroxyl groups is 1. The zero-order chi connectivity index (χ0) is 27.2. The molecule has 10 nitrogen and oxygen atoms in total. The first-order valence-corrected chi connectivity index (χ1v) is 11.7. The number of benzene rings is 3. The Morgan fingerprint density at radius 1 is 1.08 bits per heavy atom. The number of fused-ring (bicyclic) bond motifs is 1. The lowest BCUT2D eigenvalue weighted by Gasteiger charge is -2.11. The van der Waals surface area contributed by atoms with Gasteiger partial charge >= 0.3 is 0 Å². The number of carbonyl (C=O) groups is 3. The number of ketones is 1. The third-order valence-electron chi connectivity index (χ3n) is 6.06. The van der Waals surface area contributed by atoms with Gasteiger partial charge in [0.25, 0.3) is 5.91 Å². The van der Waals surface area contributed by atoms with Crippen LogP contribution in [0.4, 0.5) is 4.39 Å². The second-order valence-electron chi connectivity index (χ2n) is 8.58. The van der Waals surface area contributed by atoms with Crippen molar-refractivity contribution in [2.24, 2.45) is 5.73 Å². The molecule has 196 valence electrons. The van der Waals surface area contributed by atoms with Gasteiger partial charge in [0.15, 0.2) is 17.3 Å². The van der Waals surface area contributed by atoms with E-state index in [9.17, 15) is 23.9 Å². The molecule has 6 N–H and O–H groups in total. The fourth-order valence-corrected chi connectivity index (χ4v) is 3.98. The largest absolute Gasteiger partial charge is 0.507 e. The van der Waals surface area contributed by atoms with Gasteiger partial charge in [-0.25, -0.2) is 4.39 Å². The van der Waals surface area contributed by atoms with Crippen LogP contribution in [0, 0.1) is 5.82 Å². The number of nitrogens with zero attached hydrogens (tertiary/aromatic N) is 1. The van der Waals surface area contributed by atoms with Gasteiger partial charge in [0, 0.05) is 34.7 Å². The first-order chi connectivity index (χ1) is 18.3. The van der Waals surface area contributed by atoms with Gasteiger partial charge in [-0.3, -0.25) is 19.5 Å². The maximum Gasteiger partial charge on any atom is 0.251 e. The molecule has 1 aliphatic rings. The minimum atomic E-state index is -0.943. The van der Waals surface area contributed by atoms with E-state index in [1.54, 1.807) is 6.20 Å². The third-order valence-corrected chi connectivity index (χ3v) is 6.06. The fraction of sp³-hybridized carbons (Fsp3) is 0.185. The summed E-state index contributed by atoms with van der Waals surface area (Å²) in [5.74, 6) is -2.95. The summed E-state index contributed by atoms with van der Waals surface area (Å²) in [4.78, 5) is 35.2. The van der Waals surface area contributed by atoms with Gasteiger partial charge in [-0.15, -0.1) is 0 Å². The summed E-state index contributed by atoms with van der Waals surface area (Å²) in [7, 11) is 1.26. The topological polar surface area (TPSA) is 159 Å². The number of hydrogen-bond donors (Lipinski definition) is 5. The van der Waals surface area contributed by atoms with Gasteiger partial charge in [0.05, 0.1) is 18.8 Å². The molecule has 38 heavy (non-hydrogen) atoms. The first-order valence-electron chi connectivity index (χ1n) is 11.7. The number of rotatable bonds is 6. The zero-order valence-corrected chi connectivity index (χ0v) is 20.5. The van der Waals surface area contributed by atoms with Crippen molar-refractivity contribution in [3.63, 3.8) is 0 Å². The van der Waals surface area contributed by atoms with E-state index in [0.29, 0.717) is 5.56 Å². The van der Waals surface area contributed by atoms with Crippen molar-refractivity contribution in [1.82, 2.24) is 20.8 Å². The number of nitrogens with one attached hydrogen (secondary N) is 3. The molecule has 0 saturated carbocycles. The highest BCUT2D eigenvalue weighted by atomic mass is 19.1. The minimum Gasteiger partial charge on any atom is -0.507 e. The average Bonchev–Trinajstić information content (AvgIpc) is 3.61. The lowest BCUT2D eigenvalue weighted by molar-refractivity contribution is 0.0938. The Bertz CT molecular complexity index is 1480. The molecule has 0 spiro atoms. The van der Waals surface area contributed by atoms with E-state index in [0.717, 1.165) is 30.4 Å². The molecule has 2 amide bonds. The maximum absolute atomic E-state index is 14.1. The summed E-state index contributed by atoms with van der Waals surface area (Å²) in [5.41, 5.74) is 6.58. The summed E-state index contributed by atoms with van der Waals surface area (Å²) in [6, 6.07) is 13.6. The summed E-state index contributed by atoms with van der Waals surface area (Å²) in [5, 5.41) is 23.7. The number of amides is 2. The highest BCUT2D eigenvalue weighted by molar-refractivity contribution is 6.11. The van der Waals surface area contributed by atoms with Crippen LogP contribution >= 0.6 is 0 Å². The van der Waals surface area contributed by atoms with Gasteiger partial charge in [-0.2, -0.15) is 5.10 Å². The normalized spacial score (nSPS) is 14.4. The molecule has 11 heteroatoms. The predicted molar refractivity (Wildman–Crippen MR) is 138 cm³/mol. The van der Waals surface area contributed by atoms with E-state index < -0.39 is 28.8 Å². The number of nitrogens with two attached hydrogens (primary N) is 1. The molecule has 0 unspecified atom stereocenters. The third kappa shape index (κ3) is 5.79. The molecule has 1 aromatic heterocycles. The van der Waals surface area contributed by atoms with Crippen LogP contribution in [0.3, 0.4) is 0 Å². The molecular weight excluding hydrogens is 493 g/mol. The molecule has 1 atom stereocenters. The van der Waals surface area contributed by atoms with E-state index in [1.165, 1.54) is 43.5 Å². The summed E-state index contributed by atoms with van der Waals surface area (Å²) in [6.07, 6.45) is 2.73. The second kappa shape index (κ2) is 11.5. The lowest BCUT2D eigenvalue weighted by atomic mass is 10.00. The van der Waals surface area contributed by atoms with Gasteiger partial charge in [-0.1, -0.05) is 12.1 Å². The van der Waals surface area contributed by atoms with Crippen LogP contribution in [-0.4, -0.2) is 59.1 Å². The lowest BCUT2D eigenvalue weighted by Crippen LogP contribution is -2.36. The predicted octanol–water partition coefficient (Wildman–Crippen LogP) is 2.52. The van der Waals surface area contributed by atoms with Crippen LogP contribution in [-0.2, 0) is 0 Å². The summed E-state index contributed by atoms with van der Waals surface area (Å²) < 4.78 is 18.9. The Balaban J connectivity index is 0.000000180. The number of primary amides is 1. The van der Waals surface area contributed by atoms with Crippen molar-refractivity contribution >= 4 is 28.5 Å². The van der Waals surface area contributed by atoms with Gasteiger partial charge in [-0.05, 0) is 55.4 Å². The molecule has 0 aliphatic carbocycles. The van der Waals surface area contributed by atoms with E-state index in [1.807, 2.05) is 18.2 Å². The molecule has 3 aromatic carbocycles. The Kier molecular flexibility index (Phi) is 7.97. The SMILES string of the molecule is COc1ccc(O)c(C(=O)c2ccc(C(N)=O)cc2)c1F.O=C(N[C@H]1CCNC1)c1ccc2[nH]ncc2c1. The van der Waals surface area contributed by atoms with Crippen LogP contribution in [0.15, 0.2) is 60.8 Å². The van der Waals surface area contributed by atoms with Crippen molar-refractivity contribution in [3.05, 3.63) is 88.9 Å². The van der Waals surface area contributed by atoms with Crippen molar-refractivity contribution in [2.75, 3.05) is 20.2 Å².